The van der Waals surface area contributed by atoms with Crippen molar-refractivity contribution in [3.8, 4) is 0 Å². The normalized spacial score (nSPS) is 18.9. The number of rotatable bonds is 11. The Hall–Kier alpha value is -4.17. The van der Waals surface area contributed by atoms with E-state index in [1.807, 2.05) is 92.9 Å². The Morgan fingerprint density at radius 1 is 0.698 bits per heavy atom. The zero-order valence-corrected chi connectivity index (χ0v) is 33.4. The maximum absolute atomic E-state index is 12.7. The molecule has 8 heteroatoms. The fraction of sp³-hybridized carbons (Fsp3) is 0.533. The van der Waals surface area contributed by atoms with Crippen molar-refractivity contribution < 1.29 is 19.1 Å². The van der Waals surface area contributed by atoms with Gasteiger partial charge in [0.2, 0.25) is 11.8 Å². The molecule has 288 valence electrons. The first-order valence-corrected chi connectivity index (χ1v) is 19.9. The lowest BCUT2D eigenvalue weighted by Gasteiger charge is -2.40. The van der Waals surface area contributed by atoms with Crippen LogP contribution in [-0.2, 0) is 20.7 Å². The maximum atomic E-state index is 12.7. The number of carbonyl (C=O) groups is 3. The minimum absolute atomic E-state index is 0.0232. The summed E-state index contributed by atoms with van der Waals surface area (Å²) >= 11 is 0. The molecule has 4 unspecified atom stereocenters. The average Bonchev–Trinajstić information content (AvgIpc) is 3.18. The van der Waals surface area contributed by atoms with Crippen LogP contribution in [0.25, 0.3) is 0 Å². The molecule has 2 heterocycles. The maximum Gasteiger partial charge on any atom is 0.410 e. The molecule has 0 aromatic heterocycles. The lowest BCUT2D eigenvalue weighted by molar-refractivity contribution is -0.119. The molecule has 0 spiro atoms. The van der Waals surface area contributed by atoms with Gasteiger partial charge in [0.15, 0.2) is 0 Å². The van der Waals surface area contributed by atoms with Gasteiger partial charge in [0.1, 0.15) is 5.60 Å². The van der Waals surface area contributed by atoms with Crippen LogP contribution in [0, 0.1) is 11.8 Å². The van der Waals surface area contributed by atoms with Crippen molar-refractivity contribution in [3.63, 3.8) is 0 Å². The van der Waals surface area contributed by atoms with E-state index in [-0.39, 0.29) is 35.9 Å². The number of likely N-dealkylation sites (tertiary alicyclic amines) is 2. The number of amides is 3. The van der Waals surface area contributed by atoms with Gasteiger partial charge in [-0.15, -0.1) is 0 Å². The summed E-state index contributed by atoms with van der Waals surface area (Å²) in [5.74, 6) is 1.07. The van der Waals surface area contributed by atoms with Gasteiger partial charge in [0, 0.05) is 62.5 Å². The molecule has 8 nitrogen and oxygen atoms in total. The smallest absolute Gasteiger partial charge is 0.410 e. The quantitative estimate of drug-likeness (QED) is 0.197. The summed E-state index contributed by atoms with van der Waals surface area (Å²) in [6.07, 6.45) is 6.18. The summed E-state index contributed by atoms with van der Waals surface area (Å²) in [4.78, 5) is 46.0. The van der Waals surface area contributed by atoms with E-state index in [0.29, 0.717) is 31.8 Å². The molecule has 3 aromatic carbocycles. The predicted octanol–water partition coefficient (Wildman–Crippen LogP) is 9.24. The highest BCUT2D eigenvalue weighted by molar-refractivity contribution is 5.94. The van der Waals surface area contributed by atoms with Crippen LogP contribution < -0.4 is 9.80 Å². The van der Waals surface area contributed by atoms with Gasteiger partial charge in [-0.1, -0.05) is 80.6 Å². The number of piperidine rings is 2. The average molecular weight is 725 g/mol. The summed E-state index contributed by atoms with van der Waals surface area (Å²) in [6, 6.07) is 30.9. The van der Waals surface area contributed by atoms with E-state index >= 15 is 0 Å². The molecule has 2 saturated heterocycles. The lowest BCUT2D eigenvalue weighted by Crippen LogP contribution is -2.50. The number of nitrogens with zero attached hydrogens (tertiary/aromatic N) is 4. The van der Waals surface area contributed by atoms with Crippen molar-refractivity contribution in [2.45, 2.75) is 111 Å². The van der Waals surface area contributed by atoms with Gasteiger partial charge in [-0.05, 0) is 115 Å². The van der Waals surface area contributed by atoms with Gasteiger partial charge in [0.05, 0.1) is 0 Å². The first-order chi connectivity index (χ1) is 25.4. The molecule has 2 fully saturated rings. The van der Waals surface area contributed by atoms with Gasteiger partial charge in [0.25, 0.3) is 0 Å². The fourth-order valence-corrected chi connectivity index (χ4v) is 7.67. The second kappa shape index (κ2) is 20.3. The Balaban J connectivity index is 0.000000237. The van der Waals surface area contributed by atoms with Gasteiger partial charge in [-0.2, -0.15) is 0 Å². The van der Waals surface area contributed by atoms with Crippen LogP contribution in [0.2, 0.25) is 0 Å². The zero-order chi connectivity index (χ0) is 38.4. The van der Waals surface area contributed by atoms with E-state index in [4.69, 9.17) is 4.74 Å². The minimum Gasteiger partial charge on any atom is -0.444 e. The Kier molecular flexibility index (Phi) is 16.0. The largest absolute Gasteiger partial charge is 0.444 e. The first-order valence-electron chi connectivity index (χ1n) is 19.9. The molecular formula is C45H64N4O4. The van der Waals surface area contributed by atoms with E-state index in [1.54, 1.807) is 4.90 Å². The summed E-state index contributed by atoms with van der Waals surface area (Å²) < 4.78 is 5.53. The predicted molar refractivity (Wildman–Crippen MR) is 217 cm³/mol. The molecule has 0 aliphatic carbocycles. The van der Waals surface area contributed by atoms with E-state index in [0.717, 1.165) is 43.7 Å². The van der Waals surface area contributed by atoms with Gasteiger partial charge < -0.3 is 24.3 Å². The number of anilines is 2. The van der Waals surface area contributed by atoms with Crippen LogP contribution in [0.1, 0.15) is 92.6 Å². The SMILES string of the molecule is CCC(=O)N(c1ccccc1)C(C)C1CCCN(C(=O)OC(C)(C)C)C1.CCC(=O)N(c1ccccc1)C(C)C1CCCN(CCc2ccccc2)C1. The number of hydrogen-bond acceptors (Lipinski definition) is 5. The fourth-order valence-electron chi connectivity index (χ4n) is 7.67. The number of ether oxygens (including phenoxy) is 1. The lowest BCUT2D eigenvalue weighted by atomic mass is 9.89. The number of benzene rings is 3. The Morgan fingerprint density at radius 3 is 1.62 bits per heavy atom. The molecular weight excluding hydrogens is 661 g/mol. The van der Waals surface area contributed by atoms with Crippen LogP contribution >= 0.6 is 0 Å². The molecule has 5 rings (SSSR count). The van der Waals surface area contributed by atoms with Crippen LogP contribution in [0.15, 0.2) is 91.0 Å². The molecule has 0 bridgehead atoms. The topological polar surface area (TPSA) is 73.4 Å². The van der Waals surface area contributed by atoms with E-state index in [1.165, 1.54) is 24.9 Å². The summed E-state index contributed by atoms with van der Waals surface area (Å²) in [5, 5.41) is 0. The van der Waals surface area contributed by atoms with Crippen molar-refractivity contribution in [2.24, 2.45) is 11.8 Å². The molecule has 3 aromatic rings. The number of hydrogen-bond donors (Lipinski definition) is 0. The van der Waals surface area contributed by atoms with Crippen LogP contribution in [0.3, 0.4) is 0 Å². The van der Waals surface area contributed by atoms with Crippen molar-refractivity contribution in [1.29, 1.82) is 0 Å². The van der Waals surface area contributed by atoms with Crippen LogP contribution in [0.4, 0.5) is 16.2 Å². The minimum atomic E-state index is -0.496. The third kappa shape index (κ3) is 12.4. The van der Waals surface area contributed by atoms with E-state index in [9.17, 15) is 14.4 Å². The van der Waals surface area contributed by atoms with Crippen LogP contribution in [-0.4, -0.2) is 78.1 Å². The molecule has 53 heavy (non-hydrogen) atoms. The van der Waals surface area contributed by atoms with Gasteiger partial charge in [-0.3, -0.25) is 9.59 Å². The standard InChI is InChI=1S/C24H32N2O.C21H32N2O3/c1-3-24(27)26(23-14-8-5-9-15-23)20(2)22-13-10-17-25(19-22)18-16-21-11-6-4-7-12-21;1-6-19(24)23(18-12-8-7-9-13-18)16(2)17-11-10-14-22(15-17)20(25)26-21(3,4)5/h4-9,11-12,14-15,20,22H,3,10,13,16-19H2,1-2H3;7-9,12-13,16-17H,6,10-11,14-15H2,1-5H3. The summed E-state index contributed by atoms with van der Waals surface area (Å²) in [5.41, 5.74) is 2.85. The first kappa shape index (κ1) is 41.6. The Bertz CT molecular complexity index is 1540. The highest BCUT2D eigenvalue weighted by Gasteiger charge is 2.34. The van der Waals surface area contributed by atoms with E-state index < -0.39 is 5.60 Å². The van der Waals surface area contributed by atoms with Crippen LogP contribution in [0.5, 0.6) is 0 Å². The highest BCUT2D eigenvalue weighted by atomic mass is 16.6. The molecule has 4 atom stereocenters. The van der Waals surface area contributed by atoms with Crippen molar-refractivity contribution >= 4 is 29.3 Å². The monoisotopic (exact) mass is 724 g/mol. The summed E-state index contributed by atoms with van der Waals surface area (Å²) in [7, 11) is 0. The second-order valence-corrected chi connectivity index (χ2v) is 15.7. The molecule has 0 N–H and O–H groups in total. The highest BCUT2D eigenvalue weighted by Crippen LogP contribution is 2.30. The van der Waals surface area contributed by atoms with Crippen molar-refractivity contribution in [2.75, 3.05) is 42.5 Å². The van der Waals surface area contributed by atoms with Gasteiger partial charge in [-0.25, -0.2) is 4.79 Å². The van der Waals surface area contributed by atoms with Gasteiger partial charge >= 0.3 is 6.09 Å². The summed E-state index contributed by atoms with van der Waals surface area (Å²) in [6.45, 7) is 18.5. The molecule has 2 aliphatic heterocycles. The second-order valence-electron chi connectivity index (χ2n) is 15.7. The molecule has 2 aliphatic rings. The third-order valence-corrected chi connectivity index (χ3v) is 10.6. The number of para-hydroxylation sites is 2. The molecule has 3 amide bonds. The molecule has 0 saturated carbocycles. The van der Waals surface area contributed by atoms with Crippen molar-refractivity contribution in [1.82, 2.24) is 9.80 Å². The third-order valence-electron chi connectivity index (χ3n) is 10.6. The zero-order valence-electron chi connectivity index (χ0n) is 33.4. The number of carbonyl (C=O) groups excluding carboxylic acids is 3. The Labute approximate surface area is 319 Å². The Morgan fingerprint density at radius 2 is 1.15 bits per heavy atom. The molecule has 0 radical (unpaired) electrons. The van der Waals surface area contributed by atoms with E-state index in [2.05, 4.69) is 61.2 Å². The van der Waals surface area contributed by atoms with Crippen molar-refractivity contribution in [3.05, 3.63) is 96.6 Å².